The van der Waals surface area contributed by atoms with Gasteiger partial charge >= 0.3 is 5.97 Å². The van der Waals surface area contributed by atoms with Crippen LogP contribution in [0.2, 0.25) is 10.0 Å². The van der Waals surface area contributed by atoms with Crippen LogP contribution in [-0.4, -0.2) is 27.9 Å². The number of rotatable bonds is 7. The predicted molar refractivity (Wildman–Crippen MR) is 145 cm³/mol. The quantitative estimate of drug-likeness (QED) is 0.210. The van der Waals surface area contributed by atoms with Gasteiger partial charge in [-0.25, -0.2) is 14.8 Å². The molecule has 0 radical (unpaired) electrons. The van der Waals surface area contributed by atoms with Gasteiger partial charge in [0.1, 0.15) is 5.52 Å². The molecule has 5 rings (SSSR count). The molecule has 0 aliphatic heterocycles. The monoisotopic (exact) mass is 551 g/mol. The van der Waals surface area contributed by atoms with Gasteiger partial charge in [-0.1, -0.05) is 54.4 Å². The number of carbonyl (C=O) groups excluding carboxylic acids is 2. The molecule has 1 amide bonds. The average molecular weight is 552 g/mol. The van der Waals surface area contributed by atoms with E-state index in [1.807, 2.05) is 18.2 Å². The van der Waals surface area contributed by atoms with E-state index in [1.54, 1.807) is 60.8 Å². The Morgan fingerprint density at radius 2 is 1.81 bits per heavy atom. The third-order valence-electron chi connectivity index (χ3n) is 5.53. The third-order valence-corrected chi connectivity index (χ3v) is 6.83. The fourth-order valence-corrected chi connectivity index (χ4v) is 4.91. The number of hydrogen-bond donors (Lipinski definition) is 1. The number of anilines is 1. The first-order valence-electron chi connectivity index (χ1n) is 11.3. The Morgan fingerprint density at radius 1 is 1.03 bits per heavy atom. The summed E-state index contributed by atoms with van der Waals surface area (Å²) in [6.07, 6.45) is -0.764. The average Bonchev–Trinajstić information content (AvgIpc) is 3.54. The van der Waals surface area contributed by atoms with E-state index in [4.69, 9.17) is 32.4 Å². The number of ether oxygens (including phenoxy) is 1. The second kappa shape index (κ2) is 10.7. The topological polar surface area (TPSA) is 94.3 Å². The molecule has 0 bridgehead atoms. The Balaban J connectivity index is 1.32. The van der Waals surface area contributed by atoms with E-state index in [2.05, 4.69) is 15.3 Å². The van der Waals surface area contributed by atoms with Crippen LogP contribution >= 0.6 is 34.5 Å². The van der Waals surface area contributed by atoms with Crippen molar-refractivity contribution in [1.29, 1.82) is 0 Å². The Labute approximate surface area is 226 Å². The van der Waals surface area contributed by atoms with Gasteiger partial charge in [-0.15, -0.1) is 11.3 Å². The smallest absolute Gasteiger partial charge is 0.339 e. The summed E-state index contributed by atoms with van der Waals surface area (Å²) in [5.41, 5.74) is 3.29. The maximum atomic E-state index is 13.1. The second-order valence-corrected chi connectivity index (χ2v) is 9.69. The van der Waals surface area contributed by atoms with Crippen molar-refractivity contribution in [3.8, 4) is 22.7 Å². The van der Waals surface area contributed by atoms with E-state index in [-0.39, 0.29) is 12.0 Å². The molecule has 7 nitrogen and oxygen atoms in total. The molecule has 0 aliphatic rings. The van der Waals surface area contributed by atoms with E-state index in [1.165, 1.54) is 11.3 Å². The molecule has 186 valence electrons. The van der Waals surface area contributed by atoms with Gasteiger partial charge in [-0.05, 0) is 48.9 Å². The molecule has 37 heavy (non-hydrogen) atoms. The van der Waals surface area contributed by atoms with E-state index in [0.29, 0.717) is 49.0 Å². The van der Waals surface area contributed by atoms with Gasteiger partial charge in [0.25, 0.3) is 5.91 Å². The summed E-state index contributed by atoms with van der Waals surface area (Å²) in [6, 6.07) is 19.2. The highest BCUT2D eigenvalue weighted by Gasteiger charge is 2.26. The number of hydrogen-bond acceptors (Lipinski definition) is 7. The molecular weight excluding hydrogens is 533 g/mol. The summed E-state index contributed by atoms with van der Waals surface area (Å²) in [7, 11) is 0. The highest BCUT2D eigenvalue weighted by atomic mass is 35.5. The summed E-state index contributed by atoms with van der Waals surface area (Å²) in [5, 5.41) is 5.82. The molecule has 2 aromatic heterocycles. The predicted octanol–water partition coefficient (Wildman–Crippen LogP) is 7.50. The summed E-state index contributed by atoms with van der Waals surface area (Å²) in [4.78, 5) is 35.0. The molecule has 0 saturated carbocycles. The lowest BCUT2D eigenvalue weighted by Gasteiger charge is -2.16. The van der Waals surface area contributed by atoms with Gasteiger partial charge < -0.3 is 9.15 Å². The van der Waals surface area contributed by atoms with Crippen molar-refractivity contribution in [1.82, 2.24) is 9.97 Å². The minimum atomic E-state index is -1.03. The number of amides is 1. The Hall–Kier alpha value is -3.72. The number of thiazole rings is 1. The minimum Gasteiger partial charge on any atom is -0.449 e. The molecule has 10 heteroatoms. The van der Waals surface area contributed by atoms with Crippen LogP contribution in [0.5, 0.6) is 0 Å². The first-order chi connectivity index (χ1) is 17.9. The number of oxazole rings is 1. The van der Waals surface area contributed by atoms with E-state index < -0.39 is 18.0 Å². The largest absolute Gasteiger partial charge is 0.449 e. The van der Waals surface area contributed by atoms with Crippen LogP contribution in [0.4, 0.5) is 5.13 Å². The van der Waals surface area contributed by atoms with Crippen molar-refractivity contribution in [3.63, 3.8) is 0 Å². The number of nitrogens with zero attached hydrogens (tertiary/aromatic N) is 2. The number of esters is 1. The van der Waals surface area contributed by atoms with Crippen LogP contribution < -0.4 is 5.32 Å². The van der Waals surface area contributed by atoms with Gasteiger partial charge in [-0.2, -0.15) is 0 Å². The number of carbonyl (C=O) groups is 2. The molecule has 0 aliphatic carbocycles. The van der Waals surface area contributed by atoms with Crippen LogP contribution in [-0.2, 0) is 9.53 Å². The van der Waals surface area contributed by atoms with Gasteiger partial charge in [0, 0.05) is 16.0 Å². The van der Waals surface area contributed by atoms with Crippen molar-refractivity contribution < 1.29 is 18.7 Å². The maximum Gasteiger partial charge on any atom is 0.339 e. The SMILES string of the molecule is CCC(OC(=O)c1ccccc1-c1nc2ccccc2o1)C(=O)Nc1nc(-c2ccc(Cl)cc2Cl)cs1. The lowest BCUT2D eigenvalue weighted by Crippen LogP contribution is -2.32. The first-order valence-corrected chi connectivity index (χ1v) is 12.9. The number of halogens is 2. The number of benzene rings is 3. The fraction of sp³-hybridized carbons (Fsp3) is 0.111. The third kappa shape index (κ3) is 5.36. The van der Waals surface area contributed by atoms with Gasteiger partial charge in [0.15, 0.2) is 16.8 Å². The normalized spacial score (nSPS) is 11.9. The van der Waals surface area contributed by atoms with Crippen LogP contribution in [0, 0.1) is 0 Å². The van der Waals surface area contributed by atoms with Crippen molar-refractivity contribution in [2.24, 2.45) is 0 Å². The van der Waals surface area contributed by atoms with Crippen molar-refractivity contribution >= 4 is 62.6 Å². The number of fused-ring (bicyclic) bond motifs is 1. The van der Waals surface area contributed by atoms with Crippen LogP contribution in [0.1, 0.15) is 23.7 Å². The van der Waals surface area contributed by atoms with Crippen molar-refractivity contribution in [2.75, 3.05) is 5.32 Å². The van der Waals surface area contributed by atoms with Crippen LogP contribution in [0.3, 0.4) is 0 Å². The molecule has 0 spiro atoms. The zero-order valence-corrected chi connectivity index (χ0v) is 21.7. The van der Waals surface area contributed by atoms with Crippen molar-refractivity contribution in [2.45, 2.75) is 19.4 Å². The zero-order valence-electron chi connectivity index (χ0n) is 19.4. The molecule has 0 fully saturated rings. The summed E-state index contributed by atoms with van der Waals surface area (Å²) in [5.74, 6) is -0.853. The number of aromatic nitrogens is 2. The maximum absolute atomic E-state index is 13.1. The molecule has 1 N–H and O–H groups in total. The molecule has 0 saturated heterocycles. The number of para-hydroxylation sites is 2. The van der Waals surface area contributed by atoms with Crippen LogP contribution in [0.15, 0.2) is 76.5 Å². The molecule has 1 atom stereocenters. The first kappa shape index (κ1) is 25.0. The Kier molecular flexibility index (Phi) is 7.23. The fourth-order valence-electron chi connectivity index (χ4n) is 3.69. The summed E-state index contributed by atoms with van der Waals surface area (Å²) < 4.78 is 11.4. The summed E-state index contributed by atoms with van der Waals surface area (Å²) >= 11 is 13.5. The molecule has 1 unspecified atom stereocenters. The molecule has 5 aromatic rings. The summed E-state index contributed by atoms with van der Waals surface area (Å²) in [6.45, 7) is 1.75. The lowest BCUT2D eigenvalue weighted by atomic mass is 10.1. The highest BCUT2D eigenvalue weighted by molar-refractivity contribution is 7.14. The van der Waals surface area contributed by atoms with Gasteiger partial charge in [-0.3, -0.25) is 10.1 Å². The van der Waals surface area contributed by atoms with Gasteiger partial charge in [0.2, 0.25) is 5.89 Å². The van der Waals surface area contributed by atoms with E-state index in [0.717, 1.165) is 0 Å². The van der Waals surface area contributed by atoms with Gasteiger partial charge in [0.05, 0.1) is 21.8 Å². The van der Waals surface area contributed by atoms with E-state index >= 15 is 0 Å². The molecule has 3 aromatic carbocycles. The zero-order chi connectivity index (χ0) is 25.9. The van der Waals surface area contributed by atoms with Crippen molar-refractivity contribution in [3.05, 3.63) is 87.7 Å². The number of nitrogens with one attached hydrogen (secondary N) is 1. The molecular formula is C27H19Cl2N3O4S. The highest BCUT2D eigenvalue weighted by Crippen LogP contribution is 2.33. The second-order valence-electron chi connectivity index (χ2n) is 7.99. The Bertz CT molecular complexity index is 1580. The Morgan fingerprint density at radius 3 is 2.59 bits per heavy atom. The minimum absolute atomic E-state index is 0.245. The molecule has 2 heterocycles. The van der Waals surface area contributed by atoms with E-state index in [9.17, 15) is 9.59 Å². The lowest BCUT2D eigenvalue weighted by molar-refractivity contribution is -0.124. The standard InChI is InChI=1S/C27H19Cl2N3O4S/c1-2-22(24(33)32-27-31-21(14-37-27)18-12-11-15(28)13-19(18)29)36-26(34)17-8-4-3-7-16(17)25-30-20-9-5-6-10-23(20)35-25/h3-14,22H,2H2,1H3,(H,31,32,33). The van der Waals surface area contributed by atoms with Crippen LogP contribution in [0.25, 0.3) is 33.8 Å².